The molecule has 0 heterocycles. The van der Waals surface area contributed by atoms with Crippen LogP contribution in [0.25, 0.3) is 0 Å². The Balaban J connectivity index is 2.06. The number of hydrogen-bond donors (Lipinski definition) is 2. The number of amides is 1. The molecule has 3 heteroatoms. The topological polar surface area (TPSA) is 41.1 Å². The quantitative estimate of drug-likeness (QED) is 0.880. The van der Waals surface area contributed by atoms with Crippen molar-refractivity contribution in [1.82, 2.24) is 5.32 Å². The molecule has 0 bridgehead atoms. The molecule has 0 fully saturated rings. The van der Waals surface area contributed by atoms with Gasteiger partial charge < -0.3 is 10.6 Å². The third kappa shape index (κ3) is 3.66. The largest absolute Gasteiger partial charge is 0.322 e. The predicted octanol–water partition coefficient (Wildman–Crippen LogP) is 2.97. The normalized spacial score (nSPS) is 10.2. The van der Waals surface area contributed by atoms with Gasteiger partial charge in [-0.25, -0.2) is 0 Å². The van der Waals surface area contributed by atoms with Crippen molar-refractivity contribution < 1.29 is 4.79 Å². The molecular formula is C16H18N2O. The molecule has 19 heavy (non-hydrogen) atoms. The van der Waals surface area contributed by atoms with Crippen molar-refractivity contribution in [2.45, 2.75) is 13.5 Å². The minimum absolute atomic E-state index is 0.0786. The van der Waals surface area contributed by atoms with Crippen LogP contribution in [0.1, 0.15) is 21.5 Å². The summed E-state index contributed by atoms with van der Waals surface area (Å²) in [7, 11) is 1.91. The molecule has 2 rings (SSSR count). The van der Waals surface area contributed by atoms with E-state index in [0.29, 0.717) is 5.56 Å². The number of carbonyl (C=O) groups excluding carboxylic acids is 1. The summed E-state index contributed by atoms with van der Waals surface area (Å²) in [6.07, 6.45) is 0. The van der Waals surface area contributed by atoms with Crippen LogP contribution in [0.2, 0.25) is 0 Å². The van der Waals surface area contributed by atoms with E-state index in [0.717, 1.165) is 17.8 Å². The number of hydrogen-bond acceptors (Lipinski definition) is 2. The molecule has 2 aromatic rings. The molecule has 1 amide bonds. The molecule has 0 aliphatic heterocycles. The average Bonchev–Trinajstić information content (AvgIpc) is 2.41. The maximum absolute atomic E-state index is 12.1. The summed E-state index contributed by atoms with van der Waals surface area (Å²) in [6.45, 7) is 2.80. The number of rotatable bonds is 4. The molecule has 3 nitrogen and oxygen atoms in total. The third-order valence-corrected chi connectivity index (χ3v) is 2.87. The van der Waals surface area contributed by atoms with Gasteiger partial charge in [0.2, 0.25) is 0 Å². The van der Waals surface area contributed by atoms with Gasteiger partial charge in [-0.05, 0) is 43.8 Å². The standard InChI is InChI=1S/C16H18N2O/c1-12-4-3-5-14(10-12)16(19)18-15-8-6-13(7-9-15)11-17-2/h3-10,17H,11H2,1-2H3,(H,18,19). The van der Waals surface area contributed by atoms with Gasteiger partial charge in [0, 0.05) is 17.8 Å². The molecular weight excluding hydrogens is 236 g/mol. The van der Waals surface area contributed by atoms with Crippen molar-refractivity contribution in [3.05, 3.63) is 65.2 Å². The van der Waals surface area contributed by atoms with Crippen molar-refractivity contribution in [2.75, 3.05) is 12.4 Å². The van der Waals surface area contributed by atoms with E-state index in [4.69, 9.17) is 0 Å². The minimum atomic E-state index is -0.0786. The van der Waals surface area contributed by atoms with E-state index in [9.17, 15) is 4.79 Å². The first-order valence-corrected chi connectivity index (χ1v) is 6.30. The van der Waals surface area contributed by atoms with Crippen LogP contribution in [0.15, 0.2) is 48.5 Å². The van der Waals surface area contributed by atoms with Gasteiger partial charge in [0.15, 0.2) is 0 Å². The summed E-state index contributed by atoms with van der Waals surface area (Å²) in [5.41, 5.74) is 3.76. The van der Waals surface area contributed by atoms with Gasteiger partial charge in [0.1, 0.15) is 0 Å². The van der Waals surface area contributed by atoms with Crippen LogP contribution in [-0.4, -0.2) is 13.0 Å². The van der Waals surface area contributed by atoms with Gasteiger partial charge >= 0.3 is 0 Å². The highest BCUT2D eigenvalue weighted by atomic mass is 16.1. The summed E-state index contributed by atoms with van der Waals surface area (Å²) in [5, 5.41) is 5.98. The Morgan fingerprint density at radius 3 is 2.47 bits per heavy atom. The molecule has 0 spiro atoms. The minimum Gasteiger partial charge on any atom is -0.322 e. The number of aryl methyl sites for hydroxylation is 1. The van der Waals surface area contributed by atoms with Crippen LogP contribution < -0.4 is 10.6 Å². The van der Waals surface area contributed by atoms with Crippen LogP contribution in [-0.2, 0) is 6.54 Å². The number of anilines is 1. The second kappa shape index (κ2) is 6.16. The molecule has 98 valence electrons. The highest BCUT2D eigenvalue weighted by Crippen LogP contribution is 2.12. The molecule has 0 saturated carbocycles. The van der Waals surface area contributed by atoms with Gasteiger partial charge in [0.25, 0.3) is 5.91 Å². The highest BCUT2D eigenvalue weighted by molar-refractivity contribution is 6.04. The average molecular weight is 254 g/mol. The molecule has 0 aromatic heterocycles. The number of benzene rings is 2. The molecule has 0 saturated heterocycles. The van der Waals surface area contributed by atoms with Crippen molar-refractivity contribution in [3.8, 4) is 0 Å². The lowest BCUT2D eigenvalue weighted by Gasteiger charge is -2.07. The summed E-state index contributed by atoms with van der Waals surface area (Å²) >= 11 is 0. The molecule has 0 radical (unpaired) electrons. The van der Waals surface area contributed by atoms with E-state index in [1.54, 1.807) is 0 Å². The Labute approximate surface area is 113 Å². The third-order valence-electron chi connectivity index (χ3n) is 2.87. The van der Waals surface area contributed by atoms with E-state index in [1.807, 2.05) is 62.5 Å². The van der Waals surface area contributed by atoms with E-state index >= 15 is 0 Å². The van der Waals surface area contributed by atoms with Gasteiger partial charge in [-0.1, -0.05) is 29.8 Å². The van der Waals surface area contributed by atoms with Crippen LogP contribution in [0.3, 0.4) is 0 Å². The van der Waals surface area contributed by atoms with Crippen molar-refractivity contribution in [2.24, 2.45) is 0 Å². The molecule has 0 unspecified atom stereocenters. The Hall–Kier alpha value is -2.13. The van der Waals surface area contributed by atoms with E-state index in [1.165, 1.54) is 5.56 Å². The Morgan fingerprint density at radius 2 is 1.84 bits per heavy atom. The lowest BCUT2D eigenvalue weighted by atomic mass is 10.1. The maximum atomic E-state index is 12.1. The fourth-order valence-electron chi connectivity index (χ4n) is 1.90. The van der Waals surface area contributed by atoms with Crippen molar-refractivity contribution in [1.29, 1.82) is 0 Å². The zero-order valence-corrected chi connectivity index (χ0v) is 11.2. The molecule has 0 aliphatic rings. The predicted molar refractivity (Wildman–Crippen MR) is 78.3 cm³/mol. The Bertz CT molecular complexity index is 561. The summed E-state index contributed by atoms with van der Waals surface area (Å²) in [4.78, 5) is 12.1. The fraction of sp³-hybridized carbons (Fsp3) is 0.188. The van der Waals surface area contributed by atoms with Gasteiger partial charge in [0.05, 0.1) is 0 Å². The lowest BCUT2D eigenvalue weighted by molar-refractivity contribution is 0.102. The first kappa shape index (κ1) is 13.3. The van der Waals surface area contributed by atoms with Crippen LogP contribution >= 0.6 is 0 Å². The summed E-state index contributed by atoms with van der Waals surface area (Å²) in [6, 6.07) is 15.4. The van der Waals surface area contributed by atoms with Crippen molar-refractivity contribution in [3.63, 3.8) is 0 Å². The highest BCUT2D eigenvalue weighted by Gasteiger charge is 2.05. The van der Waals surface area contributed by atoms with E-state index in [-0.39, 0.29) is 5.91 Å². The number of nitrogens with one attached hydrogen (secondary N) is 2. The van der Waals surface area contributed by atoms with Gasteiger partial charge in [-0.15, -0.1) is 0 Å². The Morgan fingerprint density at radius 1 is 1.11 bits per heavy atom. The SMILES string of the molecule is CNCc1ccc(NC(=O)c2cccc(C)c2)cc1. The first-order chi connectivity index (χ1) is 9.19. The van der Waals surface area contributed by atoms with E-state index in [2.05, 4.69) is 10.6 Å². The second-order valence-electron chi connectivity index (χ2n) is 4.55. The van der Waals surface area contributed by atoms with Crippen LogP contribution in [0.4, 0.5) is 5.69 Å². The zero-order chi connectivity index (χ0) is 13.7. The summed E-state index contributed by atoms with van der Waals surface area (Å²) in [5.74, 6) is -0.0786. The molecule has 2 N–H and O–H groups in total. The summed E-state index contributed by atoms with van der Waals surface area (Å²) < 4.78 is 0. The van der Waals surface area contributed by atoms with Crippen LogP contribution in [0.5, 0.6) is 0 Å². The number of carbonyl (C=O) groups is 1. The molecule has 0 atom stereocenters. The second-order valence-corrected chi connectivity index (χ2v) is 4.55. The Kier molecular flexibility index (Phi) is 4.31. The van der Waals surface area contributed by atoms with Gasteiger partial charge in [-0.3, -0.25) is 4.79 Å². The smallest absolute Gasteiger partial charge is 0.255 e. The van der Waals surface area contributed by atoms with E-state index < -0.39 is 0 Å². The molecule has 0 aliphatic carbocycles. The monoisotopic (exact) mass is 254 g/mol. The zero-order valence-electron chi connectivity index (χ0n) is 11.2. The van der Waals surface area contributed by atoms with Crippen molar-refractivity contribution >= 4 is 11.6 Å². The van der Waals surface area contributed by atoms with Gasteiger partial charge in [-0.2, -0.15) is 0 Å². The van der Waals surface area contributed by atoms with Crippen LogP contribution in [0, 0.1) is 6.92 Å². The maximum Gasteiger partial charge on any atom is 0.255 e. The first-order valence-electron chi connectivity index (χ1n) is 6.30. The molecule has 2 aromatic carbocycles. The fourth-order valence-corrected chi connectivity index (χ4v) is 1.90. The lowest BCUT2D eigenvalue weighted by Crippen LogP contribution is -2.12.